The van der Waals surface area contributed by atoms with Gasteiger partial charge in [-0.3, -0.25) is 9.59 Å². The third kappa shape index (κ3) is 2.34. The lowest BCUT2D eigenvalue weighted by atomic mass is 9.44. The van der Waals surface area contributed by atoms with Crippen molar-refractivity contribution in [1.82, 2.24) is 0 Å². The molecule has 0 aromatic carbocycles. The van der Waals surface area contributed by atoms with Gasteiger partial charge in [-0.15, -0.1) is 0 Å². The third-order valence-corrected chi connectivity index (χ3v) is 8.97. The predicted molar refractivity (Wildman–Crippen MR) is 99.7 cm³/mol. The molecular formula is C22H32O5. The number of aliphatic hydroxyl groups excluding tert-OH is 2. The summed E-state index contributed by atoms with van der Waals surface area (Å²) in [7, 11) is 0. The normalized spacial score (nSPS) is 51.9. The van der Waals surface area contributed by atoms with Crippen LogP contribution in [0.3, 0.4) is 0 Å². The average Bonchev–Trinajstić information content (AvgIpc) is 2.87. The zero-order valence-electron chi connectivity index (χ0n) is 16.6. The zero-order valence-corrected chi connectivity index (χ0v) is 16.6. The summed E-state index contributed by atoms with van der Waals surface area (Å²) in [5, 5.41) is 31.9. The van der Waals surface area contributed by atoms with Crippen LogP contribution in [0.25, 0.3) is 0 Å². The number of ketones is 2. The van der Waals surface area contributed by atoms with Crippen molar-refractivity contribution in [3.8, 4) is 0 Å². The highest BCUT2D eigenvalue weighted by Crippen LogP contribution is 2.68. The first-order valence-corrected chi connectivity index (χ1v) is 10.4. The fourth-order valence-electron chi connectivity index (χ4n) is 7.71. The number of aliphatic hydroxyl groups is 3. The van der Waals surface area contributed by atoms with Crippen molar-refractivity contribution in [3.05, 3.63) is 11.6 Å². The number of fused-ring (bicyclic) bond motifs is 5. The topological polar surface area (TPSA) is 94.8 Å². The summed E-state index contributed by atoms with van der Waals surface area (Å²) in [6, 6.07) is 0. The maximum absolute atomic E-state index is 12.4. The first-order chi connectivity index (χ1) is 12.6. The molecule has 0 radical (unpaired) electrons. The molecular weight excluding hydrogens is 344 g/mol. The first-order valence-electron chi connectivity index (χ1n) is 10.4. The van der Waals surface area contributed by atoms with Gasteiger partial charge in [0.2, 0.25) is 0 Å². The average molecular weight is 376 g/mol. The highest BCUT2D eigenvalue weighted by atomic mass is 16.3. The summed E-state index contributed by atoms with van der Waals surface area (Å²) in [4.78, 5) is 24.5. The summed E-state index contributed by atoms with van der Waals surface area (Å²) in [6.45, 7) is 5.63. The second-order valence-corrected chi connectivity index (χ2v) is 10.1. The number of hydrogen-bond donors (Lipinski definition) is 3. The van der Waals surface area contributed by atoms with Gasteiger partial charge in [0.25, 0.3) is 0 Å². The highest BCUT2D eigenvalue weighted by Gasteiger charge is 2.68. The van der Waals surface area contributed by atoms with Crippen LogP contribution in [0.5, 0.6) is 0 Å². The lowest BCUT2D eigenvalue weighted by molar-refractivity contribution is -0.184. The fraction of sp³-hybridized carbons (Fsp3) is 0.818. The van der Waals surface area contributed by atoms with Gasteiger partial charge < -0.3 is 15.3 Å². The van der Waals surface area contributed by atoms with E-state index in [4.69, 9.17) is 0 Å². The molecule has 0 aromatic heterocycles. The minimum Gasteiger partial charge on any atom is -0.393 e. The van der Waals surface area contributed by atoms with E-state index in [-0.39, 0.29) is 34.9 Å². The van der Waals surface area contributed by atoms with Crippen molar-refractivity contribution >= 4 is 11.6 Å². The van der Waals surface area contributed by atoms with Crippen LogP contribution >= 0.6 is 0 Å². The molecule has 0 saturated heterocycles. The Labute approximate surface area is 160 Å². The van der Waals surface area contributed by atoms with Crippen molar-refractivity contribution < 1.29 is 24.9 Å². The maximum atomic E-state index is 12.4. The van der Waals surface area contributed by atoms with Gasteiger partial charge in [0, 0.05) is 11.8 Å². The molecule has 150 valence electrons. The van der Waals surface area contributed by atoms with Crippen molar-refractivity contribution in [2.45, 2.75) is 71.0 Å². The van der Waals surface area contributed by atoms with Crippen LogP contribution in [0, 0.1) is 34.5 Å². The number of carbonyl (C=O) groups is 2. The molecule has 0 spiro atoms. The quantitative estimate of drug-likeness (QED) is 0.685. The predicted octanol–water partition coefficient (Wildman–Crippen LogP) is 2.03. The molecule has 0 aromatic rings. The summed E-state index contributed by atoms with van der Waals surface area (Å²) in [5.74, 6) is 0.341. The van der Waals surface area contributed by atoms with E-state index >= 15 is 0 Å². The Balaban J connectivity index is 1.77. The smallest absolute Gasteiger partial charge is 0.190 e. The Kier molecular flexibility index (Phi) is 4.27. The number of allylic oxidation sites excluding steroid dienone is 1. The third-order valence-electron chi connectivity index (χ3n) is 8.97. The molecule has 3 fully saturated rings. The molecule has 0 aliphatic heterocycles. The van der Waals surface area contributed by atoms with Gasteiger partial charge in [0.1, 0.15) is 12.2 Å². The molecule has 0 bridgehead atoms. The van der Waals surface area contributed by atoms with E-state index in [0.29, 0.717) is 19.3 Å². The number of carbonyl (C=O) groups excluding carboxylic acids is 2. The van der Waals surface area contributed by atoms with Crippen LogP contribution in [-0.2, 0) is 9.59 Å². The molecule has 5 heteroatoms. The monoisotopic (exact) mass is 376 g/mol. The van der Waals surface area contributed by atoms with Crippen molar-refractivity contribution in [1.29, 1.82) is 0 Å². The van der Waals surface area contributed by atoms with Crippen LogP contribution < -0.4 is 0 Å². The first kappa shape index (κ1) is 19.3. The van der Waals surface area contributed by atoms with Crippen LogP contribution in [0.1, 0.15) is 59.3 Å². The fourth-order valence-corrected chi connectivity index (χ4v) is 7.71. The Morgan fingerprint density at radius 3 is 2.67 bits per heavy atom. The van der Waals surface area contributed by atoms with E-state index in [9.17, 15) is 24.9 Å². The van der Waals surface area contributed by atoms with E-state index < -0.39 is 29.5 Å². The molecule has 4 aliphatic rings. The summed E-state index contributed by atoms with van der Waals surface area (Å²) in [6.07, 6.45) is 4.84. The summed E-state index contributed by atoms with van der Waals surface area (Å²) in [5.41, 5.74) is -1.28. The largest absolute Gasteiger partial charge is 0.393 e. The standard InChI is InChI=1S/C22H32O5/c1-12-8-14-15-5-7-22(27,18(26)11-23)21(15,3)10-17(25)19(14)20(2)6-4-13(24)9-16(12)20/h9,12,14-15,17,19,23,25,27H,4-8,10-11H2,1-3H3/t12-,14?,15?,17-,19?,20-,21-,22-/m0/s1. The van der Waals surface area contributed by atoms with Crippen molar-refractivity contribution in [3.63, 3.8) is 0 Å². The molecule has 0 heterocycles. The molecule has 4 rings (SSSR count). The van der Waals surface area contributed by atoms with E-state index in [0.717, 1.165) is 19.3 Å². The number of rotatable bonds is 2. The van der Waals surface area contributed by atoms with Crippen LogP contribution in [0.4, 0.5) is 0 Å². The maximum Gasteiger partial charge on any atom is 0.190 e. The molecule has 3 unspecified atom stereocenters. The summed E-state index contributed by atoms with van der Waals surface area (Å²) < 4.78 is 0. The van der Waals surface area contributed by atoms with Crippen LogP contribution in [-0.4, -0.2) is 45.2 Å². The van der Waals surface area contributed by atoms with E-state index in [1.807, 2.05) is 13.0 Å². The van der Waals surface area contributed by atoms with Gasteiger partial charge in [-0.25, -0.2) is 0 Å². The molecule has 3 saturated carbocycles. The number of Topliss-reactive ketones (excluding diaryl/α,β-unsaturated/α-hetero) is 1. The van der Waals surface area contributed by atoms with Crippen LogP contribution in [0.15, 0.2) is 11.6 Å². The van der Waals surface area contributed by atoms with Gasteiger partial charge in [0.05, 0.1) is 6.10 Å². The lowest BCUT2D eigenvalue weighted by Crippen LogP contribution is -2.62. The van der Waals surface area contributed by atoms with Crippen LogP contribution in [0.2, 0.25) is 0 Å². The van der Waals surface area contributed by atoms with Crippen molar-refractivity contribution in [2.75, 3.05) is 6.61 Å². The van der Waals surface area contributed by atoms with E-state index in [1.54, 1.807) is 0 Å². The molecule has 4 aliphatic carbocycles. The zero-order chi connectivity index (χ0) is 19.8. The highest BCUT2D eigenvalue weighted by molar-refractivity contribution is 5.92. The second kappa shape index (κ2) is 5.98. The van der Waals surface area contributed by atoms with Gasteiger partial charge in [-0.2, -0.15) is 0 Å². The van der Waals surface area contributed by atoms with Gasteiger partial charge in [0.15, 0.2) is 11.6 Å². The molecule has 0 amide bonds. The Bertz CT molecular complexity index is 713. The Hall–Kier alpha value is -1.04. The SMILES string of the molecule is C[C@H]1CC2C([C@@H](O)C[C@@]3(C)C2CC[C@]3(O)C(=O)CO)[C@@]2(C)CCC(=O)C=C12. The van der Waals surface area contributed by atoms with E-state index in [1.165, 1.54) is 5.57 Å². The van der Waals surface area contributed by atoms with Gasteiger partial charge >= 0.3 is 0 Å². The minimum atomic E-state index is -1.55. The molecule has 27 heavy (non-hydrogen) atoms. The van der Waals surface area contributed by atoms with Crippen molar-refractivity contribution in [2.24, 2.45) is 34.5 Å². The Morgan fingerprint density at radius 1 is 1.30 bits per heavy atom. The van der Waals surface area contributed by atoms with Gasteiger partial charge in [-0.05, 0) is 67.3 Å². The molecule has 8 atom stereocenters. The molecule has 5 nitrogen and oxygen atoms in total. The number of hydrogen-bond acceptors (Lipinski definition) is 5. The molecule has 3 N–H and O–H groups in total. The minimum absolute atomic E-state index is 0.0534. The summed E-state index contributed by atoms with van der Waals surface area (Å²) >= 11 is 0. The lowest BCUT2D eigenvalue weighted by Gasteiger charge is -2.61. The van der Waals surface area contributed by atoms with Gasteiger partial charge in [-0.1, -0.05) is 26.3 Å². The second-order valence-electron chi connectivity index (χ2n) is 10.1. The Morgan fingerprint density at radius 2 is 2.00 bits per heavy atom. The van der Waals surface area contributed by atoms with E-state index in [2.05, 4.69) is 13.8 Å².